The Morgan fingerprint density at radius 1 is 1.05 bits per heavy atom. The molecule has 22 heavy (non-hydrogen) atoms. The van der Waals surface area contributed by atoms with Crippen LogP contribution in [-0.4, -0.2) is 13.4 Å². The lowest BCUT2D eigenvalue weighted by Gasteiger charge is -2.15. The highest BCUT2D eigenvalue weighted by Crippen LogP contribution is 2.39. The Balaban J connectivity index is 2.44. The number of hydrogen-bond donors (Lipinski definition) is 1. The number of nitrogens with zero attached hydrogens (tertiary/aromatic N) is 1. The van der Waals surface area contributed by atoms with Crippen molar-refractivity contribution in [2.75, 3.05) is 0 Å². The van der Waals surface area contributed by atoms with Crippen LogP contribution in [0.1, 0.15) is 5.56 Å². The summed E-state index contributed by atoms with van der Waals surface area (Å²) in [5, 5.41) is 8.07. The van der Waals surface area contributed by atoms with E-state index in [0.29, 0.717) is 5.56 Å². The van der Waals surface area contributed by atoms with Crippen molar-refractivity contribution in [3.63, 3.8) is 0 Å². The minimum Gasteiger partial charge on any atom is -0.245 e. The van der Waals surface area contributed by atoms with E-state index in [-0.39, 0.29) is 4.90 Å². The molecule has 3 rings (SSSR count). The van der Waals surface area contributed by atoms with Gasteiger partial charge in [0.15, 0.2) is 0 Å². The second-order valence-electron chi connectivity index (χ2n) is 4.88. The summed E-state index contributed by atoms with van der Waals surface area (Å²) in [6.07, 6.45) is 1.71. The lowest BCUT2D eigenvalue weighted by Crippen LogP contribution is -2.14. The molecule has 0 saturated heterocycles. The van der Waals surface area contributed by atoms with Crippen LogP contribution in [0.3, 0.4) is 0 Å². The predicted octanol–water partition coefficient (Wildman–Crippen LogP) is 3.43. The molecule has 0 fully saturated rings. The molecule has 6 heteroatoms. The fraction of sp³-hybridized carbons (Fsp3) is 0.0625. The zero-order chi connectivity index (χ0) is 15.7. The predicted molar refractivity (Wildman–Crippen MR) is 89.1 cm³/mol. The van der Waals surface area contributed by atoms with Crippen molar-refractivity contribution in [2.45, 2.75) is 11.8 Å². The molecule has 0 atom stereocenters. The van der Waals surface area contributed by atoms with Crippen molar-refractivity contribution < 1.29 is 8.42 Å². The van der Waals surface area contributed by atoms with Gasteiger partial charge in [0.05, 0.1) is 4.90 Å². The maximum absolute atomic E-state index is 12.0. The van der Waals surface area contributed by atoms with Crippen LogP contribution in [0.5, 0.6) is 0 Å². The van der Waals surface area contributed by atoms with Crippen molar-refractivity contribution in [1.29, 1.82) is 0 Å². The average molecular weight is 330 g/mol. The average Bonchev–Trinajstić information content (AvgIpc) is 3.00. The Bertz CT molecular complexity index is 903. The van der Waals surface area contributed by atoms with Crippen LogP contribution in [0.25, 0.3) is 21.7 Å². The Labute approximate surface area is 133 Å². The zero-order valence-corrected chi connectivity index (χ0v) is 13.5. The van der Waals surface area contributed by atoms with Crippen LogP contribution in [0, 0.1) is 6.92 Å². The minimum atomic E-state index is -3.84. The molecular weight excluding hydrogens is 316 g/mol. The highest BCUT2D eigenvalue weighted by molar-refractivity contribution is 7.89. The van der Waals surface area contributed by atoms with E-state index in [2.05, 4.69) is 4.98 Å². The molecule has 0 unspecified atom stereocenters. The summed E-state index contributed by atoms with van der Waals surface area (Å²) >= 11 is 1.47. The molecule has 112 valence electrons. The number of aromatic nitrogens is 1. The second-order valence-corrected chi connectivity index (χ2v) is 7.30. The number of thiazole rings is 1. The van der Waals surface area contributed by atoms with Crippen LogP contribution in [-0.2, 0) is 10.0 Å². The normalized spacial score (nSPS) is 11.5. The molecule has 0 aliphatic carbocycles. The lowest BCUT2D eigenvalue weighted by atomic mass is 9.96. The third kappa shape index (κ3) is 2.68. The SMILES string of the molecule is Cc1ccc(S(N)(=O)=O)c(-c2ccccc2)c1-c1nccs1. The quantitative estimate of drug-likeness (QED) is 0.799. The second kappa shape index (κ2) is 5.64. The summed E-state index contributed by atoms with van der Waals surface area (Å²) < 4.78 is 24.0. The van der Waals surface area contributed by atoms with Gasteiger partial charge < -0.3 is 0 Å². The highest BCUT2D eigenvalue weighted by Gasteiger charge is 2.22. The fourth-order valence-corrected chi connectivity index (χ4v) is 3.95. The van der Waals surface area contributed by atoms with Gasteiger partial charge in [-0.2, -0.15) is 0 Å². The first-order chi connectivity index (χ1) is 10.5. The lowest BCUT2D eigenvalue weighted by molar-refractivity contribution is 0.598. The molecule has 1 aromatic heterocycles. The largest absolute Gasteiger partial charge is 0.245 e. The van der Waals surface area contributed by atoms with Crippen molar-refractivity contribution >= 4 is 21.4 Å². The molecule has 0 radical (unpaired) electrons. The number of benzene rings is 2. The molecule has 1 heterocycles. The van der Waals surface area contributed by atoms with E-state index in [1.807, 2.05) is 42.6 Å². The van der Waals surface area contributed by atoms with Gasteiger partial charge in [0.25, 0.3) is 0 Å². The summed E-state index contributed by atoms with van der Waals surface area (Å²) in [6, 6.07) is 12.7. The van der Waals surface area contributed by atoms with Crippen LogP contribution in [0.4, 0.5) is 0 Å². The molecule has 0 aliphatic heterocycles. The van der Waals surface area contributed by atoms with E-state index in [9.17, 15) is 8.42 Å². The van der Waals surface area contributed by atoms with Crippen LogP contribution in [0.2, 0.25) is 0 Å². The van der Waals surface area contributed by atoms with Crippen LogP contribution in [0.15, 0.2) is 58.9 Å². The summed E-state index contributed by atoms with van der Waals surface area (Å²) in [7, 11) is -3.84. The number of sulfonamides is 1. The van der Waals surface area contributed by atoms with Crippen molar-refractivity contribution in [3.8, 4) is 21.7 Å². The van der Waals surface area contributed by atoms with Crippen LogP contribution >= 0.6 is 11.3 Å². The topological polar surface area (TPSA) is 73.1 Å². The maximum Gasteiger partial charge on any atom is 0.238 e. The van der Waals surface area contributed by atoms with E-state index in [0.717, 1.165) is 21.7 Å². The number of nitrogens with two attached hydrogens (primary N) is 1. The molecule has 3 aromatic rings. The minimum absolute atomic E-state index is 0.120. The van der Waals surface area contributed by atoms with Crippen LogP contribution < -0.4 is 5.14 Å². The van der Waals surface area contributed by atoms with Gasteiger partial charge in [-0.05, 0) is 24.1 Å². The Morgan fingerprint density at radius 3 is 2.36 bits per heavy atom. The number of primary sulfonamides is 1. The van der Waals surface area contributed by atoms with Gasteiger partial charge in [-0.3, -0.25) is 0 Å². The summed E-state index contributed by atoms with van der Waals surface area (Å²) in [5.41, 5.74) is 3.19. The zero-order valence-electron chi connectivity index (χ0n) is 11.9. The van der Waals surface area contributed by atoms with E-state index in [1.165, 1.54) is 11.3 Å². The standard InChI is InChI=1S/C16H14N2O2S2/c1-11-7-8-13(22(17,19)20)15(12-5-3-2-4-6-12)14(11)16-18-9-10-21-16/h2-10H,1H3,(H2,17,19,20). The summed E-state index contributed by atoms with van der Waals surface area (Å²) in [5.74, 6) is 0. The van der Waals surface area contributed by atoms with E-state index in [4.69, 9.17) is 5.14 Å². The van der Waals surface area contributed by atoms with E-state index < -0.39 is 10.0 Å². The van der Waals surface area contributed by atoms with E-state index >= 15 is 0 Å². The van der Waals surface area contributed by atoms with Gasteiger partial charge in [0.1, 0.15) is 5.01 Å². The Hall–Kier alpha value is -2.02. The molecule has 0 spiro atoms. The van der Waals surface area contributed by atoms with Gasteiger partial charge in [-0.15, -0.1) is 11.3 Å². The van der Waals surface area contributed by atoms with E-state index in [1.54, 1.807) is 18.3 Å². The summed E-state index contributed by atoms with van der Waals surface area (Å²) in [6.45, 7) is 1.94. The van der Waals surface area contributed by atoms with Gasteiger partial charge >= 0.3 is 0 Å². The third-order valence-electron chi connectivity index (χ3n) is 3.39. The van der Waals surface area contributed by atoms with Gasteiger partial charge in [0.2, 0.25) is 10.0 Å². The smallest absolute Gasteiger partial charge is 0.238 e. The number of rotatable bonds is 3. The maximum atomic E-state index is 12.0. The van der Waals surface area contributed by atoms with Gasteiger partial charge in [-0.25, -0.2) is 18.5 Å². The number of hydrogen-bond acceptors (Lipinski definition) is 4. The molecule has 0 amide bonds. The van der Waals surface area contributed by atoms with Crippen molar-refractivity contribution in [3.05, 3.63) is 59.6 Å². The van der Waals surface area contributed by atoms with Gasteiger partial charge in [-0.1, -0.05) is 36.4 Å². The summed E-state index contributed by atoms with van der Waals surface area (Å²) in [4.78, 5) is 4.46. The monoisotopic (exact) mass is 330 g/mol. The molecule has 0 bridgehead atoms. The number of aryl methyl sites for hydroxylation is 1. The molecule has 2 aromatic carbocycles. The first-order valence-electron chi connectivity index (χ1n) is 6.60. The first kappa shape index (κ1) is 14.9. The highest BCUT2D eigenvalue weighted by atomic mass is 32.2. The van der Waals surface area contributed by atoms with Crippen molar-refractivity contribution in [2.24, 2.45) is 5.14 Å². The Morgan fingerprint density at radius 2 is 1.77 bits per heavy atom. The molecular formula is C16H14N2O2S2. The van der Waals surface area contributed by atoms with Gasteiger partial charge in [0, 0.05) is 22.7 Å². The molecule has 0 aliphatic rings. The first-order valence-corrected chi connectivity index (χ1v) is 9.03. The fourth-order valence-electron chi connectivity index (χ4n) is 2.44. The molecule has 0 saturated carbocycles. The van der Waals surface area contributed by atoms with Crippen molar-refractivity contribution in [1.82, 2.24) is 4.98 Å². The Kier molecular flexibility index (Phi) is 3.82. The third-order valence-corrected chi connectivity index (χ3v) is 5.13. The molecule has 2 N–H and O–H groups in total. The molecule has 4 nitrogen and oxygen atoms in total.